The summed E-state index contributed by atoms with van der Waals surface area (Å²) in [6.45, 7) is 2.33. The van der Waals surface area contributed by atoms with Gasteiger partial charge in [-0.2, -0.15) is 0 Å². The third-order valence-corrected chi connectivity index (χ3v) is 4.63. The average Bonchev–Trinajstić information content (AvgIpc) is 2.56. The Hall–Kier alpha value is -2.38. The molecule has 0 atom stereocenters. The molecular weight excluding hydrogens is 330 g/mol. The van der Waals surface area contributed by atoms with Crippen LogP contribution in [0.3, 0.4) is 0 Å². The Balaban J connectivity index is 2.07. The van der Waals surface area contributed by atoms with Crippen LogP contribution in [0.2, 0.25) is 0 Å². The zero-order chi connectivity index (χ0) is 17.6. The number of hydrogen-bond donors (Lipinski definition) is 1. The highest BCUT2D eigenvalue weighted by molar-refractivity contribution is 7.92. The van der Waals surface area contributed by atoms with Crippen molar-refractivity contribution in [1.82, 2.24) is 0 Å². The highest BCUT2D eigenvalue weighted by Crippen LogP contribution is 2.20. The summed E-state index contributed by atoms with van der Waals surface area (Å²) in [4.78, 5) is 11.3. The van der Waals surface area contributed by atoms with Crippen molar-refractivity contribution in [3.8, 4) is 5.75 Å². The van der Waals surface area contributed by atoms with Gasteiger partial charge in [0.05, 0.1) is 11.5 Å². The van der Waals surface area contributed by atoms with Crippen LogP contribution in [0.15, 0.2) is 53.4 Å². The molecule has 0 aliphatic rings. The number of hydrogen-bond acceptors (Lipinski definition) is 5. The molecule has 0 heterocycles. The van der Waals surface area contributed by atoms with Gasteiger partial charge in [-0.3, -0.25) is 9.52 Å². The third-order valence-electron chi connectivity index (χ3n) is 3.23. The maximum Gasteiger partial charge on any atom is 0.261 e. The number of carbonyl (C=O) groups excluding carboxylic acids is 1. The van der Waals surface area contributed by atoms with Crippen molar-refractivity contribution in [1.29, 1.82) is 0 Å². The molecule has 1 N–H and O–H groups in total. The zero-order valence-corrected chi connectivity index (χ0v) is 14.3. The minimum absolute atomic E-state index is 0.0907. The molecule has 7 heteroatoms. The fourth-order valence-electron chi connectivity index (χ4n) is 1.94. The van der Waals surface area contributed by atoms with E-state index in [-0.39, 0.29) is 10.7 Å². The Morgan fingerprint density at radius 3 is 2.17 bits per heavy atom. The van der Waals surface area contributed by atoms with Crippen molar-refractivity contribution < 1.29 is 22.7 Å². The van der Waals surface area contributed by atoms with Gasteiger partial charge in [0.1, 0.15) is 12.4 Å². The average molecular weight is 349 g/mol. The van der Waals surface area contributed by atoms with Gasteiger partial charge in [0, 0.05) is 18.4 Å². The maximum atomic E-state index is 12.3. The van der Waals surface area contributed by atoms with Gasteiger partial charge in [-0.25, -0.2) is 8.42 Å². The van der Waals surface area contributed by atoms with Gasteiger partial charge in [-0.05, 0) is 43.3 Å². The number of anilines is 1. The van der Waals surface area contributed by atoms with Crippen LogP contribution >= 0.6 is 0 Å². The number of methoxy groups -OCH3 is 1. The molecule has 0 fully saturated rings. The lowest BCUT2D eigenvalue weighted by atomic mass is 10.2. The summed E-state index contributed by atoms with van der Waals surface area (Å²) in [7, 11) is -2.12. The predicted octanol–water partition coefficient (Wildman–Crippen LogP) is 2.72. The fraction of sp³-hybridized carbons (Fsp3) is 0.235. The molecule has 2 aromatic carbocycles. The molecule has 0 aromatic heterocycles. The molecule has 2 aromatic rings. The molecule has 6 nitrogen and oxygen atoms in total. The topological polar surface area (TPSA) is 81.7 Å². The molecule has 2 rings (SSSR count). The number of ketones is 1. The van der Waals surface area contributed by atoms with Crippen LogP contribution in [0.4, 0.5) is 5.69 Å². The molecule has 0 saturated carbocycles. The van der Waals surface area contributed by atoms with Crippen molar-refractivity contribution in [2.75, 3.05) is 25.0 Å². The Kier molecular flexibility index (Phi) is 5.94. The lowest BCUT2D eigenvalue weighted by molar-refractivity contribution is 0.101. The second kappa shape index (κ2) is 7.94. The quantitative estimate of drug-likeness (QED) is 0.585. The molecule has 0 saturated heterocycles. The van der Waals surface area contributed by atoms with E-state index in [1.807, 2.05) is 0 Å². The first-order chi connectivity index (χ1) is 11.4. The summed E-state index contributed by atoms with van der Waals surface area (Å²) < 4.78 is 37.5. The summed E-state index contributed by atoms with van der Waals surface area (Å²) in [5.41, 5.74) is 0.885. The van der Waals surface area contributed by atoms with Crippen LogP contribution in [0.5, 0.6) is 5.75 Å². The second-order valence-corrected chi connectivity index (χ2v) is 6.73. The summed E-state index contributed by atoms with van der Waals surface area (Å²) in [5, 5.41) is 0. The van der Waals surface area contributed by atoms with Crippen LogP contribution < -0.4 is 9.46 Å². The van der Waals surface area contributed by atoms with Crippen molar-refractivity contribution in [2.24, 2.45) is 0 Å². The lowest BCUT2D eigenvalue weighted by Crippen LogP contribution is -2.13. The third kappa shape index (κ3) is 4.81. The van der Waals surface area contributed by atoms with E-state index < -0.39 is 10.0 Å². The second-order valence-electron chi connectivity index (χ2n) is 5.05. The molecule has 128 valence electrons. The van der Waals surface area contributed by atoms with E-state index >= 15 is 0 Å². The number of ether oxygens (including phenoxy) is 2. The number of nitrogens with one attached hydrogen (secondary N) is 1. The SMILES string of the molecule is COCCOc1ccc(NS(=O)(=O)c2ccc(C(C)=O)cc2)cc1. The summed E-state index contributed by atoms with van der Waals surface area (Å²) in [6, 6.07) is 12.4. The normalized spacial score (nSPS) is 11.1. The van der Waals surface area contributed by atoms with Gasteiger partial charge in [0.15, 0.2) is 5.78 Å². The predicted molar refractivity (Wildman–Crippen MR) is 91.1 cm³/mol. The minimum atomic E-state index is -3.71. The molecular formula is C17H19NO5S. The van der Waals surface area contributed by atoms with Gasteiger partial charge >= 0.3 is 0 Å². The van der Waals surface area contributed by atoms with E-state index in [0.29, 0.717) is 30.2 Å². The van der Waals surface area contributed by atoms with Crippen LogP contribution in [0, 0.1) is 0 Å². The Morgan fingerprint density at radius 1 is 1.00 bits per heavy atom. The first kappa shape index (κ1) is 18.0. The monoisotopic (exact) mass is 349 g/mol. The van der Waals surface area contributed by atoms with Crippen LogP contribution in [-0.2, 0) is 14.8 Å². The first-order valence-electron chi connectivity index (χ1n) is 7.28. The van der Waals surface area contributed by atoms with Gasteiger partial charge in [-0.15, -0.1) is 0 Å². The molecule has 0 aliphatic heterocycles. The van der Waals surface area contributed by atoms with E-state index in [0.717, 1.165) is 0 Å². The lowest BCUT2D eigenvalue weighted by Gasteiger charge is -2.10. The smallest absolute Gasteiger partial charge is 0.261 e. The van der Waals surface area contributed by atoms with E-state index in [9.17, 15) is 13.2 Å². The number of carbonyl (C=O) groups is 1. The van der Waals surface area contributed by atoms with Gasteiger partial charge in [-0.1, -0.05) is 12.1 Å². The Bertz CT molecular complexity index is 783. The molecule has 0 aliphatic carbocycles. The number of Topliss-reactive ketones (excluding diaryl/α,β-unsaturated/α-hetero) is 1. The first-order valence-corrected chi connectivity index (χ1v) is 8.76. The van der Waals surface area contributed by atoms with Crippen molar-refractivity contribution in [2.45, 2.75) is 11.8 Å². The zero-order valence-electron chi connectivity index (χ0n) is 13.5. The number of benzene rings is 2. The Labute approximate surface area is 141 Å². The summed E-state index contributed by atoms with van der Waals surface area (Å²) in [6.07, 6.45) is 0. The fourth-order valence-corrected chi connectivity index (χ4v) is 3.00. The van der Waals surface area contributed by atoms with E-state index in [2.05, 4.69) is 4.72 Å². The number of sulfonamides is 1. The molecule has 0 radical (unpaired) electrons. The maximum absolute atomic E-state index is 12.3. The molecule has 24 heavy (non-hydrogen) atoms. The summed E-state index contributed by atoms with van der Waals surface area (Å²) in [5.74, 6) is 0.511. The molecule has 0 spiro atoms. The van der Waals surface area contributed by atoms with Gasteiger partial charge in [0.25, 0.3) is 10.0 Å². The van der Waals surface area contributed by atoms with E-state index in [1.165, 1.54) is 31.2 Å². The molecule has 0 unspecified atom stereocenters. The largest absolute Gasteiger partial charge is 0.491 e. The van der Waals surface area contributed by atoms with Crippen molar-refractivity contribution >= 4 is 21.5 Å². The van der Waals surface area contributed by atoms with E-state index in [4.69, 9.17) is 9.47 Å². The molecule has 0 bridgehead atoms. The minimum Gasteiger partial charge on any atom is -0.491 e. The Morgan fingerprint density at radius 2 is 1.62 bits per heavy atom. The van der Waals surface area contributed by atoms with E-state index in [1.54, 1.807) is 31.4 Å². The highest BCUT2D eigenvalue weighted by Gasteiger charge is 2.14. The standard InChI is InChI=1S/C17H19NO5S/c1-13(19)14-3-9-17(10-4-14)24(20,21)18-15-5-7-16(8-6-15)23-12-11-22-2/h3-10,18H,11-12H2,1-2H3. The summed E-state index contributed by atoms with van der Waals surface area (Å²) >= 11 is 0. The number of rotatable bonds is 8. The van der Waals surface area contributed by atoms with Crippen LogP contribution in [0.25, 0.3) is 0 Å². The van der Waals surface area contributed by atoms with Crippen LogP contribution in [-0.4, -0.2) is 34.5 Å². The van der Waals surface area contributed by atoms with Gasteiger partial charge < -0.3 is 9.47 Å². The molecule has 0 amide bonds. The van der Waals surface area contributed by atoms with Gasteiger partial charge in [0.2, 0.25) is 0 Å². The van der Waals surface area contributed by atoms with Crippen molar-refractivity contribution in [3.63, 3.8) is 0 Å². The van der Waals surface area contributed by atoms with Crippen LogP contribution in [0.1, 0.15) is 17.3 Å². The highest BCUT2D eigenvalue weighted by atomic mass is 32.2. The van der Waals surface area contributed by atoms with Crippen molar-refractivity contribution in [3.05, 3.63) is 54.1 Å².